The fourth-order valence-corrected chi connectivity index (χ4v) is 2.95. The summed E-state index contributed by atoms with van der Waals surface area (Å²) >= 11 is 1.87. The lowest BCUT2D eigenvalue weighted by molar-refractivity contribution is -0.00765. The van der Waals surface area contributed by atoms with E-state index in [4.69, 9.17) is 4.74 Å². The summed E-state index contributed by atoms with van der Waals surface area (Å²) in [6.45, 7) is 13.0. The van der Waals surface area contributed by atoms with Crippen LogP contribution in [0.15, 0.2) is 6.07 Å². The van der Waals surface area contributed by atoms with Gasteiger partial charge in [0.25, 0.3) is 0 Å². The minimum Gasteiger partial charge on any atom is -0.377 e. The molecule has 2 unspecified atom stereocenters. The zero-order valence-electron chi connectivity index (χ0n) is 12.0. The fourth-order valence-electron chi connectivity index (χ4n) is 1.92. The van der Waals surface area contributed by atoms with Crippen LogP contribution in [0.5, 0.6) is 0 Å². The van der Waals surface area contributed by atoms with Crippen molar-refractivity contribution in [1.29, 1.82) is 0 Å². The molecule has 0 saturated carbocycles. The lowest BCUT2D eigenvalue weighted by Crippen LogP contribution is -2.46. The Labute approximate surface area is 109 Å². The Morgan fingerprint density at radius 3 is 2.29 bits per heavy atom. The van der Waals surface area contributed by atoms with E-state index >= 15 is 0 Å². The van der Waals surface area contributed by atoms with Crippen LogP contribution in [0.3, 0.4) is 0 Å². The second-order valence-electron chi connectivity index (χ2n) is 5.29. The third-order valence-electron chi connectivity index (χ3n) is 3.61. The van der Waals surface area contributed by atoms with E-state index in [2.05, 4.69) is 52.9 Å². The molecular formula is C14H25NOS. The van der Waals surface area contributed by atoms with Crippen molar-refractivity contribution in [2.75, 3.05) is 7.11 Å². The largest absolute Gasteiger partial charge is 0.377 e. The smallest absolute Gasteiger partial charge is 0.0772 e. The van der Waals surface area contributed by atoms with Gasteiger partial charge in [-0.25, -0.2) is 0 Å². The van der Waals surface area contributed by atoms with Gasteiger partial charge < -0.3 is 10.1 Å². The highest BCUT2D eigenvalue weighted by atomic mass is 32.1. The summed E-state index contributed by atoms with van der Waals surface area (Å²) in [5.41, 5.74) is 1.26. The van der Waals surface area contributed by atoms with Gasteiger partial charge >= 0.3 is 0 Å². The van der Waals surface area contributed by atoms with E-state index in [0.717, 1.165) is 0 Å². The summed E-state index contributed by atoms with van der Waals surface area (Å²) in [7, 11) is 1.77. The molecule has 2 nitrogen and oxygen atoms in total. The highest BCUT2D eigenvalue weighted by Gasteiger charge is 2.27. The van der Waals surface area contributed by atoms with Crippen LogP contribution in [-0.2, 0) is 4.74 Å². The van der Waals surface area contributed by atoms with Gasteiger partial charge in [0.1, 0.15) is 0 Å². The van der Waals surface area contributed by atoms with Crippen molar-refractivity contribution in [3.8, 4) is 0 Å². The molecule has 1 N–H and O–H groups in total. The minimum atomic E-state index is -0.146. The minimum absolute atomic E-state index is 0.146. The van der Waals surface area contributed by atoms with Crippen molar-refractivity contribution in [2.24, 2.45) is 0 Å². The van der Waals surface area contributed by atoms with Crippen molar-refractivity contribution < 1.29 is 4.74 Å². The first-order chi connectivity index (χ1) is 7.77. The zero-order chi connectivity index (χ0) is 13.2. The van der Waals surface area contributed by atoms with E-state index < -0.39 is 0 Å². The van der Waals surface area contributed by atoms with Gasteiger partial charge in [-0.05, 0) is 53.2 Å². The lowest BCUT2D eigenvalue weighted by atomic mass is 9.98. The van der Waals surface area contributed by atoms with Gasteiger partial charge in [-0.1, -0.05) is 0 Å². The summed E-state index contributed by atoms with van der Waals surface area (Å²) < 4.78 is 5.51. The highest BCUT2D eigenvalue weighted by molar-refractivity contribution is 7.12. The molecule has 0 aliphatic rings. The van der Waals surface area contributed by atoms with E-state index in [-0.39, 0.29) is 5.60 Å². The Morgan fingerprint density at radius 1 is 1.29 bits per heavy atom. The molecule has 0 saturated heterocycles. The van der Waals surface area contributed by atoms with Crippen LogP contribution >= 0.6 is 11.3 Å². The van der Waals surface area contributed by atoms with Gasteiger partial charge in [-0.3, -0.25) is 0 Å². The Kier molecular flexibility index (Phi) is 4.76. The molecule has 0 spiro atoms. The monoisotopic (exact) mass is 255 g/mol. The number of methoxy groups -OCH3 is 1. The van der Waals surface area contributed by atoms with Gasteiger partial charge in [0.15, 0.2) is 0 Å². The number of aryl methyl sites for hydroxylation is 2. The molecule has 3 heteroatoms. The van der Waals surface area contributed by atoms with Crippen LogP contribution in [-0.4, -0.2) is 18.8 Å². The first kappa shape index (κ1) is 14.7. The van der Waals surface area contributed by atoms with E-state index in [1.165, 1.54) is 15.3 Å². The van der Waals surface area contributed by atoms with Crippen molar-refractivity contribution in [3.63, 3.8) is 0 Å². The van der Waals surface area contributed by atoms with Gasteiger partial charge in [-0.2, -0.15) is 0 Å². The highest BCUT2D eigenvalue weighted by Crippen LogP contribution is 2.27. The molecule has 0 radical (unpaired) electrons. The van der Waals surface area contributed by atoms with E-state index in [1.54, 1.807) is 7.11 Å². The number of hydrogen-bond acceptors (Lipinski definition) is 3. The molecule has 0 bridgehead atoms. The molecule has 2 atom stereocenters. The maximum atomic E-state index is 5.51. The molecule has 0 aromatic carbocycles. The summed E-state index contributed by atoms with van der Waals surface area (Å²) in [5.74, 6) is 0. The summed E-state index contributed by atoms with van der Waals surface area (Å²) in [6.07, 6.45) is 0. The third kappa shape index (κ3) is 3.54. The number of hydrogen-bond donors (Lipinski definition) is 1. The summed E-state index contributed by atoms with van der Waals surface area (Å²) in [4.78, 5) is 2.79. The van der Waals surface area contributed by atoms with Crippen molar-refractivity contribution in [2.45, 2.75) is 59.2 Å². The lowest BCUT2D eigenvalue weighted by Gasteiger charge is -2.33. The van der Waals surface area contributed by atoms with Gasteiger partial charge in [0, 0.05) is 28.9 Å². The molecule has 1 aromatic rings. The van der Waals surface area contributed by atoms with Crippen LogP contribution in [0.4, 0.5) is 0 Å². The number of thiophene rings is 1. The normalized spacial score (nSPS) is 15.9. The molecule has 0 aliphatic carbocycles. The van der Waals surface area contributed by atoms with Crippen molar-refractivity contribution in [1.82, 2.24) is 5.32 Å². The molecule has 0 fully saturated rings. The average molecular weight is 255 g/mol. The van der Waals surface area contributed by atoms with Crippen LogP contribution < -0.4 is 5.32 Å². The number of rotatable bonds is 5. The summed E-state index contributed by atoms with van der Waals surface area (Å²) in [5, 5.41) is 3.62. The maximum absolute atomic E-state index is 5.51. The molecule has 0 aliphatic heterocycles. The third-order valence-corrected chi connectivity index (χ3v) is 4.60. The first-order valence-corrected chi connectivity index (χ1v) is 6.97. The standard InChI is InChI=1S/C14H25NOS/c1-9-8-13(11(3)17-9)10(2)15-12(4)14(5,6)16-7/h8,10,12,15H,1-7H3. The molecule has 0 amide bonds. The van der Waals surface area contributed by atoms with Gasteiger partial charge in [0.05, 0.1) is 5.60 Å². The van der Waals surface area contributed by atoms with Crippen LogP contribution in [0.25, 0.3) is 0 Å². The molecule has 1 heterocycles. The zero-order valence-corrected chi connectivity index (χ0v) is 12.9. The predicted molar refractivity (Wildman–Crippen MR) is 75.9 cm³/mol. The Balaban J connectivity index is 2.73. The fraction of sp³-hybridized carbons (Fsp3) is 0.714. The summed E-state index contributed by atoms with van der Waals surface area (Å²) in [6, 6.07) is 2.95. The average Bonchev–Trinajstić information content (AvgIpc) is 2.57. The second kappa shape index (κ2) is 5.51. The molecular weight excluding hydrogens is 230 g/mol. The maximum Gasteiger partial charge on any atom is 0.0772 e. The second-order valence-corrected chi connectivity index (χ2v) is 6.75. The molecule has 17 heavy (non-hydrogen) atoms. The van der Waals surface area contributed by atoms with Crippen LogP contribution in [0, 0.1) is 13.8 Å². The van der Waals surface area contributed by atoms with Crippen molar-refractivity contribution >= 4 is 11.3 Å². The number of ether oxygens (including phenoxy) is 1. The van der Waals surface area contributed by atoms with Crippen molar-refractivity contribution in [3.05, 3.63) is 21.4 Å². The SMILES string of the molecule is COC(C)(C)C(C)NC(C)c1cc(C)sc1C. The number of nitrogens with one attached hydrogen (secondary N) is 1. The Bertz CT molecular complexity index is 370. The quantitative estimate of drug-likeness (QED) is 0.863. The van der Waals surface area contributed by atoms with Crippen LogP contribution in [0.2, 0.25) is 0 Å². The van der Waals surface area contributed by atoms with Crippen LogP contribution in [0.1, 0.15) is 49.1 Å². The molecule has 98 valence electrons. The molecule has 1 rings (SSSR count). The Hall–Kier alpha value is -0.380. The predicted octanol–water partition coefficient (Wildman–Crippen LogP) is 3.83. The van der Waals surface area contributed by atoms with E-state index in [9.17, 15) is 0 Å². The first-order valence-electron chi connectivity index (χ1n) is 6.16. The molecule has 1 aromatic heterocycles. The van der Waals surface area contributed by atoms with Gasteiger partial charge in [-0.15, -0.1) is 11.3 Å². The van der Waals surface area contributed by atoms with E-state index in [0.29, 0.717) is 12.1 Å². The van der Waals surface area contributed by atoms with Gasteiger partial charge in [0.2, 0.25) is 0 Å². The topological polar surface area (TPSA) is 21.3 Å². The Morgan fingerprint density at radius 2 is 1.88 bits per heavy atom. The van der Waals surface area contributed by atoms with E-state index in [1.807, 2.05) is 11.3 Å².